The van der Waals surface area contributed by atoms with Gasteiger partial charge in [-0.05, 0) is 6.42 Å². The zero-order valence-corrected chi connectivity index (χ0v) is 9.69. The average molecular weight is 225 g/mol. The molecule has 0 saturated carbocycles. The summed E-state index contributed by atoms with van der Waals surface area (Å²) in [4.78, 5) is 4.27. The lowest BCUT2D eigenvalue weighted by Gasteiger charge is -2.23. The van der Waals surface area contributed by atoms with Gasteiger partial charge in [0.05, 0.1) is 25.9 Å². The number of aromatic nitrogens is 2. The Morgan fingerprint density at radius 2 is 2.50 bits per heavy atom. The van der Waals surface area contributed by atoms with Crippen molar-refractivity contribution in [1.82, 2.24) is 9.55 Å². The molecule has 1 saturated heterocycles. The fourth-order valence-electron chi connectivity index (χ4n) is 1.76. The molecule has 1 aliphatic rings. The van der Waals surface area contributed by atoms with Crippen LogP contribution in [0.1, 0.15) is 13.3 Å². The molecule has 5 heteroatoms. The lowest BCUT2D eigenvalue weighted by atomic mass is 10.3. The second-order valence-electron chi connectivity index (χ2n) is 3.89. The van der Waals surface area contributed by atoms with Crippen LogP contribution in [0.3, 0.4) is 0 Å². The Kier molecular flexibility index (Phi) is 4.18. The zero-order chi connectivity index (χ0) is 11.2. The maximum absolute atomic E-state index is 5.55. The minimum Gasteiger partial charge on any atom is -0.376 e. The van der Waals surface area contributed by atoms with E-state index in [2.05, 4.69) is 21.8 Å². The van der Waals surface area contributed by atoms with Gasteiger partial charge < -0.3 is 19.4 Å². The number of nitrogens with one attached hydrogen (secondary N) is 1. The summed E-state index contributed by atoms with van der Waals surface area (Å²) in [6, 6.07) is 0. The van der Waals surface area contributed by atoms with E-state index in [0.717, 1.165) is 25.5 Å². The molecule has 5 nitrogen and oxygen atoms in total. The van der Waals surface area contributed by atoms with Crippen molar-refractivity contribution in [2.24, 2.45) is 0 Å². The van der Waals surface area contributed by atoms with Gasteiger partial charge in [0, 0.05) is 25.5 Å². The number of aryl methyl sites for hydroxylation is 1. The van der Waals surface area contributed by atoms with Crippen LogP contribution in [-0.4, -0.2) is 42.0 Å². The maximum atomic E-state index is 5.55. The van der Waals surface area contributed by atoms with Gasteiger partial charge in [0.25, 0.3) is 0 Å². The Morgan fingerprint density at radius 3 is 3.25 bits per heavy atom. The summed E-state index contributed by atoms with van der Waals surface area (Å²) >= 11 is 0. The third kappa shape index (κ3) is 2.96. The first kappa shape index (κ1) is 11.4. The molecule has 1 aliphatic heterocycles. The van der Waals surface area contributed by atoms with Crippen LogP contribution in [0.5, 0.6) is 0 Å². The van der Waals surface area contributed by atoms with Gasteiger partial charge in [-0.25, -0.2) is 4.98 Å². The van der Waals surface area contributed by atoms with Crippen LogP contribution in [0.25, 0.3) is 0 Å². The van der Waals surface area contributed by atoms with Gasteiger partial charge in [-0.2, -0.15) is 0 Å². The molecule has 1 aromatic rings. The second-order valence-corrected chi connectivity index (χ2v) is 3.89. The molecule has 1 fully saturated rings. The number of nitrogens with zero attached hydrogens (tertiary/aromatic N) is 2. The first-order valence-corrected chi connectivity index (χ1v) is 5.84. The molecule has 1 N–H and O–H groups in total. The Morgan fingerprint density at radius 1 is 1.56 bits per heavy atom. The Hall–Kier alpha value is -1.07. The van der Waals surface area contributed by atoms with Crippen LogP contribution in [0.15, 0.2) is 12.4 Å². The largest absolute Gasteiger partial charge is 0.376 e. The SMILES string of the molecule is CCCn1ccnc1NCC1COCCO1. The van der Waals surface area contributed by atoms with Gasteiger partial charge in [-0.1, -0.05) is 6.92 Å². The molecule has 16 heavy (non-hydrogen) atoms. The summed E-state index contributed by atoms with van der Waals surface area (Å²) < 4.78 is 13.0. The van der Waals surface area contributed by atoms with Crippen LogP contribution in [-0.2, 0) is 16.0 Å². The van der Waals surface area contributed by atoms with Crippen molar-refractivity contribution >= 4 is 5.95 Å². The minimum atomic E-state index is 0.139. The summed E-state index contributed by atoms with van der Waals surface area (Å²) in [5.74, 6) is 0.913. The number of imidazole rings is 1. The highest BCUT2D eigenvalue weighted by molar-refractivity contribution is 5.25. The summed E-state index contributed by atoms with van der Waals surface area (Å²) in [6.07, 6.45) is 5.05. The number of anilines is 1. The molecule has 0 radical (unpaired) electrons. The molecule has 1 unspecified atom stereocenters. The lowest BCUT2D eigenvalue weighted by Crippen LogP contribution is -2.34. The van der Waals surface area contributed by atoms with Crippen LogP contribution < -0.4 is 5.32 Å². The Balaban J connectivity index is 1.81. The van der Waals surface area contributed by atoms with Crippen LogP contribution in [0, 0.1) is 0 Å². The monoisotopic (exact) mass is 225 g/mol. The first-order valence-electron chi connectivity index (χ1n) is 5.84. The molecule has 0 bridgehead atoms. The number of hydrogen-bond acceptors (Lipinski definition) is 4. The number of hydrogen-bond donors (Lipinski definition) is 1. The predicted octanol–water partition coefficient (Wildman–Crippen LogP) is 1.12. The van der Waals surface area contributed by atoms with E-state index in [1.807, 2.05) is 12.4 Å². The van der Waals surface area contributed by atoms with Crippen molar-refractivity contribution in [2.75, 3.05) is 31.7 Å². The lowest BCUT2D eigenvalue weighted by molar-refractivity contribution is -0.0819. The van der Waals surface area contributed by atoms with Crippen molar-refractivity contribution < 1.29 is 9.47 Å². The molecule has 1 atom stereocenters. The van der Waals surface area contributed by atoms with Crippen molar-refractivity contribution in [3.8, 4) is 0 Å². The first-order chi connectivity index (χ1) is 7.90. The van der Waals surface area contributed by atoms with Crippen LogP contribution in [0.4, 0.5) is 5.95 Å². The third-order valence-corrected chi connectivity index (χ3v) is 2.55. The number of rotatable bonds is 5. The minimum absolute atomic E-state index is 0.139. The van der Waals surface area contributed by atoms with Crippen molar-refractivity contribution in [2.45, 2.75) is 26.0 Å². The second kappa shape index (κ2) is 5.86. The van der Waals surface area contributed by atoms with E-state index >= 15 is 0 Å². The van der Waals surface area contributed by atoms with E-state index in [4.69, 9.17) is 9.47 Å². The van der Waals surface area contributed by atoms with E-state index in [-0.39, 0.29) is 6.10 Å². The third-order valence-electron chi connectivity index (χ3n) is 2.55. The fourth-order valence-corrected chi connectivity index (χ4v) is 1.76. The normalized spacial score (nSPS) is 20.9. The zero-order valence-electron chi connectivity index (χ0n) is 9.69. The van der Waals surface area contributed by atoms with Crippen molar-refractivity contribution in [3.05, 3.63) is 12.4 Å². The highest BCUT2D eigenvalue weighted by Gasteiger charge is 2.14. The highest BCUT2D eigenvalue weighted by Crippen LogP contribution is 2.07. The highest BCUT2D eigenvalue weighted by atomic mass is 16.6. The molecule has 2 heterocycles. The molecule has 0 amide bonds. The fraction of sp³-hybridized carbons (Fsp3) is 0.727. The van der Waals surface area contributed by atoms with Crippen LogP contribution in [0.2, 0.25) is 0 Å². The molecule has 0 aromatic carbocycles. The van der Waals surface area contributed by atoms with E-state index in [1.165, 1.54) is 0 Å². The van der Waals surface area contributed by atoms with E-state index in [0.29, 0.717) is 19.8 Å². The number of ether oxygens (including phenoxy) is 2. The van der Waals surface area contributed by atoms with Gasteiger partial charge in [-0.3, -0.25) is 0 Å². The van der Waals surface area contributed by atoms with Crippen molar-refractivity contribution in [1.29, 1.82) is 0 Å². The molecular weight excluding hydrogens is 206 g/mol. The Bertz CT molecular complexity index is 308. The topological polar surface area (TPSA) is 48.3 Å². The standard InChI is InChI=1S/C11H19N3O2/c1-2-4-14-5-3-12-11(14)13-8-10-9-15-6-7-16-10/h3,5,10H,2,4,6-9H2,1H3,(H,12,13). The summed E-state index contributed by atoms with van der Waals surface area (Å²) in [6.45, 7) is 5.96. The smallest absolute Gasteiger partial charge is 0.202 e. The quantitative estimate of drug-likeness (QED) is 0.815. The average Bonchev–Trinajstić information content (AvgIpc) is 2.76. The summed E-state index contributed by atoms with van der Waals surface area (Å²) in [7, 11) is 0. The molecule has 0 aliphatic carbocycles. The molecule has 0 spiro atoms. The Labute approximate surface area is 95.8 Å². The molecule has 2 rings (SSSR count). The van der Waals surface area contributed by atoms with Gasteiger partial charge in [0.15, 0.2) is 0 Å². The van der Waals surface area contributed by atoms with Gasteiger partial charge in [0.2, 0.25) is 5.95 Å². The van der Waals surface area contributed by atoms with E-state index in [9.17, 15) is 0 Å². The molecular formula is C11H19N3O2. The summed E-state index contributed by atoms with van der Waals surface area (Å²) in [5, 5.41) is 3.29. The molecule has 90 valence electrons. The summed E-state index contributed by atoms with van der Waals surface area (Å²) in [5.41, 5.74) is 0. The van der Waals surface area contributed by atoms with Gasteiger partial charge >= 0.3 is 0 Å². The van der Waals surface area contributed by atoms with E-state index in [1.54, 1.807) is 0 Å². The predicted molar refractivity (Wildman–Crippen MR) is 61.6 cm³/mol. The van der Waals surface area contributed by atoms with Crippen molar-refractivity contribution in [3.63, 3.8) is 0 Å². The van der Waals surface area contributed by atoms with Gasteiger partial charge in [-0.15, -0.1) is 0 Å². The van der Waals surface area contributed by atoms with Gasteiger partial charge in [0.1, 0.15) is 0 Å². The van der Waals surface area contributed by atoms with E-state index < -0.39 is 0 Å². The molecule has 1 aromatic heterocycles. The maximum Gasteiger partial charge on any atom is 0.202 e. The van der Waals surface area contributed by atoms with Crippen LogP contribution >= 0.6 is 0 Å².